The zero-order chi connectivity index (χ0) is 17.5. The molecule has 0 bridgehead atoms. The Hall–Kier alpha value is -2.27. The van der Waals surface area contributed by atoms with Crippen LogP contribution >= 0.6 is 11.6 Å². The van der Waals surface area contributed by atoms with Gasteiger partial charge in [-0.25, -0.2) is 4.79 Å². The van der Waals surface area contributed by atoms with E-state index in [-0.39, 0.29) is 23.6 Å². The normalized spacial score (nSPS) is 16.2. The maximum atomic E-state index is 12.0. The summed E-state index contributed by atoms with van der Waals surface area (Å²) in [6, 6.07) is 7.93. The van der Waals surface area contributed by atoms with Crippen molar-refractivity contribution in [3.63, 3.8) is 0 Å². The summed E-state index contributed by atoms with van der Waals surface area (Å²) in [6.07, 6.45) is 3.49. The number of halogens is 1. The second-order valence-corrected chi connectivity index (χ2v) is 5.97. The molecule has 1 aliphatic carbocycles. The Kier molecular flexibility index (Phi) is 6.44. The van der Waals surface area contributed by atoms with Crippen molar-refractivity contribution in [1.82, 2.24) is 16.0 Å². The van der Waals surface area contributed by atoms with E-state index in [2.05, 4.69) is 28.6 Å². The summed E-state index contributed by atoms with van der Waals surface area (Å²) < 4.78 is 0. The van der Waals surface area contributed by atoms with Crippen LogP contribution in [0.25, 0.3) is 0 Å². The number of carbonyl (C=O) groups excluding carboxylic acids is 2. The van der Waals surface area contributed by atoms with Gasteiger partial charge in [-0.3, -0.25) is 4.79 Å². The molecule has 0 saturated carbocycles. The first-order valence-corrected chi connectivity index (χ1v) is 8.32. The number of aryl methyl sites for hydroxylation is 1. The van der Waals surface area contributed by atoms with Crippen molar-refractivity contribution in [3.8, 4) is 0 Å². The molecular weight excluding hydrogens is 326 g/mol. The van der Waals surface area contributed by atoms with E-state index in [1.165, 1.54) is 11.1 Å². The van der Waals surface area contributed by atoms with Crippen LogP contribution in [0.1, 0.15) is 30.5 Å². The number of carbonyl (C=O) groups is 2. The number of hydrogen-bond acceptors (Lipinski definition) is 2. The van der Waals surface area contributed by atoms with E-state index in [1.807, 2.05) is 18.2 Å². The van der Waals surface area contributed by atoms with Gasteiger partial charge in [-0.15, -0.1) is 0 Å². The molecule has 1 aliphatic rings. The minimum absolute atomic E-state index is 0.0454. The molecular formula is C18H22ClN3O2. The summed E-state index contributed by atoms with van der Waals surface area (Å²) in [4.78, 5) is 23.7. The van der Waals surface area contributed by atoms with E-state index in [0.717, 1.165) is 12.8 Å². The topological polar surface area (TPSA) is 70.2 Å². The largest absolute Gasteiger partial charge is 0.350 e. The summed E-state index contributed by atoms with van der Waals surface area (Å²) in [5.41, 5.74) is 2.68. The third-order valence-corrected chi connectivity index (χ3v) is 4.40. The van der Waals surface area contributed by atoms with Crippen molar-refractivity contribution in [2.45, 2.75) is 25.8 Å². The third kappa shape index (κ3) is 4.61. The van der Waals surface area contributed by atoms with Crippen molar-refractivity contribution >= 4 is 23.5 Å². The van der Waals surface area contributed by atoms with Gasteiger partial charge in [0.05, 0.1) is 11.6 Å². The fourth-order valence-electron chi connectivity index (χ4n) is 2.66. The van der Waals surface area contributed by atoms with Gasteiger partial charge in [0.1, 0.15) is 0 Å². The molecule has 0 unspecified atom stereocenters. The second kappa shape index (κ2) is 8.55. The maximum Gasteiger partial charge on any atom is 0.315 e. The van der Waals surface area contributed by atoms with Crippen LogP contribution in [0, 0.1) is 0 Å². The van der Waals surface area contributed by atoms with Gasteiger partial charge < -0.3 is 16.0 Å². The van der Waals surface area contributed by atoms with Crippen LogP contribution in [0.5, 0.6) is 0 Å². The zero-order valence-corrected chi connectivity index (χ0v) is 14.5. The third-order valence-electron chi connectivity index (χ3n) is 3.95. The molecule has 0 saturated heterocycles. The molecule has 2 rings (SSSR count). The van der Waals surface area contributed by atoms with Crippen LogP contribution in [0.2, 0.25) is 0 Å². The molecule has 6 heteroatoms. The van der Waals surface area contributed by atoms with Crippen molar-refractivity contribution in [3.05, 3.63) is 58.7 Å². The number of amides is 3. The monoisotopic (exact) mass is 347 g/mol. The molecule has 3 amide bonds. The molecule has 3 N–H and O–H groups in total. The molecule has 0 fully saturated rings. The number of urea groups is 1. The van der Waals surface area contributed by atoms with Crippen molar-refractivity contribution < 1.29 is 9.59 Å². The second-order valence-electron chi connectivity index (χ2n) is 5.56. The standard InChI is InChI=1S/C18H22ClN3O2/c1-3-15(19)12(2)17(23)20-10-11-21-18(24)22-16-9-8-13-6-4-5-7-14(13)16/h3-7,16H,2,8-11H2,1H3,(H,20,23)(H2,21,22,24)/b15-3+/t16-/m1/s1. The molecule has 5 nitrogen and oxygen atoms in total. The lowest BCUT2D eigenvalue weighted by Crippen LogP contribution is -2.41. The summed E-state index contributed by atoms with van der Waals surface area (Å²) in [5.74, 6) is -0.343. The molecule has 1 aromatic rings. The predicted octanol–water partition coefficient (Wildman–Crippen LogP) is 2.79. The smallest absolute Gasteiger partial charge is 0.315 e. The van der Waals surface area contributed by atoms with Crippen LogP contribution in [-0.2, 0) is 11.2 Å². The SMILES string of the molecule is C=C(C(=O)NCCNC(=O)N[C@@H]1CCc2ccccc21)/C(Cl)=C\C. The van der Waals surface area contributed by atoms with Crippen molar-refractivity contribution in [1.29, 1.82) is 0 Å². The van der Waals surface area contributed by atoms with Crippen molar-refractivity contribution in [2.75, 3.05) is 13.1 Å². The fraction of sp³-hybridized carbons (Fsp3) is 0.333. The van der Waals surface area contributed by atoms with Gasteiger partial charge in [0, 0.05) is 18.1 Å². The average molecular weight is 348 g/mol. The Labute approximate surface area is 147 Å². The number of fused-ring (bicyclic) bond motifs is 1. The number of allylic oxidation sites excluding steroid dienone is 1. The molecule has 0 radical (unpaired) electrons. The first kappa shape index (κ1) is 18.1. The van der Waals surface area contributed by atoms with Gasteiger partial charge in [-0.2, -0.15) is 0 Å². The maximum absolute atomic E-state index is 12.0. The predicted molar refractivity (Wildman–Crippen MR) is 95.8 cm³/mol. The summed E-state index contributed by atoms with van der Waals surface area (Å²) in [7, 11) is 0. The zero-order valence-electron chi connectivity index (χ0n) is 13.7. The number of hydrogen-bond donors (Lipinski definition) is 3. The quantitative estimate of drug-likeness (QED) is 0.420. The highest BCUT2D eigenvalue weighted by atomic mass is 35.5. The van der Waals surface area contributed by atoms with Gasteiger partial charge in [0.2, 0.25) is 0 Å². The van der Waals surface area contributed by atoms with Crippen LogP contribution < -0.4 is 16.0 Å². The Morgan fingerprint density at radius 1 is 1.29 bits per heavy atom. The Balaban J connectivity index is 1.70. The Morgan fingerprint density at radius 3 is 2.75 bits per heavy atom. The molecule has 24 heavy (non-hydrogen) atoms. The number of benzene rings is 1. The molecule has 0 heterocycles. The number of nitrogens with one attached hydrogen (secondary N) is 3. The van der Waals surface area contributed by atoms with Gasteiger partial charge in [0.15, 0.2) is 0 Å². The van der Waals surface area contributed by atoms with Gasteiger partial charge >= 0.3 is 6.03 Å². The fourth-order valence-corrected chi connectivity index (χ4v) is 2.74. The van der Waals surface area contributed by atoms with Gasteiger partial charge in [-0.1, -0.05) is 48.5 Å². The van der Waals surface area contributed by atoms with E-state index in [1.54, 1.807) is 13.0 Å². The molecule has 1 aromatic carbocycles. The molecule has 0 spiro atoms. The van der Waals surface area contributed by atoms with E-state index in [4.69, 9.17) is 11.6 Å². The Morgan fingerprint density at radius 2 is 2.00 bits per heavy atom. The van der Waals surface area contributed by atoms with Gasteiger partial charge in [-0.05, 0) is 30.9 Å². The van der Waals surface area contributed by atoms with E-state index in [9.17, 15) is 9.59 Å². The molecule has 1 atom stereocenters. The van der Waals surface area contributed by atoms with Crippen molar-refractivity contribution in [2.24, 2.45) is 0 Å². The van der Waals surface area contributed by atoms with E-state index in [0.29, 0.717) is 18.1 Å². The Bertz CT molecular complexity index is 670. The average Bonchev–Trinajstić information content (AvgIpc) is 3.00. The minimum atomic E-state index is -0.343. The number of rotatable bonds is 6. The summed E-state index contributed by atoms with van der Waals surface area (Å²) in [5, 5.41) is 8.67. The lowest BCUT2D eigenvalue weighted by atomic mass is 10.1. The van der Waals surface area contributed by atoms with Crippen LogP contribution in [0.3, 0.4) is 0 Å². The van der Waals surface area contributed by atoms with Crippen LogP contribution in [0.4, 0.5) is 4.79 Å². The van der Waals surface area contributed by atoms with Crippen LogP contribution in [0.15, 0.2) is 47.5 Å². The van der Waals surface area contributed by atoms with E-state index >= 15 is 0 Å². The first-order chi connectivity index (χ1) is 11.5. The highest BCUT2D eigenvalue weighted by Crippen LogP contribution is 2.30. The van der Waals surface area contributed by atoms with E-state index < -0.39 is 0 Å². The molecule has 0 aliphatic heterocycles. The highest BCUT2D eigenvalue weighted by Gasteiger charge is 2.23. The summed E-state index contributed by atoms with van der Waals surface area (Å²) >= 11 is 5.83. The lowest BCUT2D eigenvalue weighted by Gasteiger charge is -2.15. The first-order valence-electron chi connectivity index (χ1n) is 7.94. The molecule has 0 aromatic heterocycles. The highest BCUT2D eigenvalue weighted by molar-refractivity contribution is 6.35. The lowest BCUT2D eigenvalue weighted by molar-refractivity contribution is -0.117. The van der Waals surface area contributed by atoms with Crippen LogP contribution in [-0.4, -0.2) is 25.0 Å². The van der Waals surface area contributed by atoms with Gasteiger partial charge in [0.25, 0.3) is 5.91 Å². The molecule has 128 valence electrons. The minimum Gasteiger partial charge on any atom is -0.350 e. The summed E-state index contributed by atoms with van der Waals surface area (Å²) in [6.45, 7) is 5.98.